The van der Waals surface area contributed by atoms with Gasteiger partial charge in [0.2, 0.25) is 0 Å². The summed E-state index contributed by atoms with van der Waals surface area (Å²) in [6.45, 7) is 4.51. The lowest BCUT2D eigenvalue weighted by molar-refractivity contribution is -0.281. The molecule has 0 rings (SSSR count). The summed E-state index contributed by atoms with van der Waals surface area (Å²) >= 11 is 0. The summed E-state index contributed by atoms with van der Waals surface area (Å²) in [6.07, 6.45) is 6.84. The summed E-state index contributed by atoms with van der Waals surface area (Å²) in [4.78, 5) is 11.3. The number of ketones is 1. The van der Waals surface area contributed by atoms with Crippen molar-refractivity contribution < 1.29 is 26.7 Å². The molecule has 0 saturated heterocycles. The van der Waals surface area contributed by atoms with Crippen LogP contribution in [0.3, 0.4) is 0 Å². The third-order valence-corrected chi connectivity index (χ3v) is 4.82. The maximum Gasteiger partial charge on any atom is 0.453 e. The van der Waals surface area contributed by atoms with Gasteiger partial charge in [0.1, 0.15) is 5.78 Å². The number of hydrogen-bond acceptors (Lipinski definition) is 1. The molecule has 162 valence electrons. The van der Waals surface area contributed by atoms with Crippen LogP contribution in [0, 0.1) is 5.92 Å². The molecule has 0 fully saturated rings. The fraction of sp³-hybridized carbons (Fsp3) is 0.952. The highest BCUT2D eigenvalue weighted by Gasteiger charge is 2.57. The van der Waals surface area contributed by atoms with Crippen LogP contribution >= 0.6 is 0 Å². The zero-order chi connectivity index (χ0) is 20.8. The molecule has 0 spiro atoms. The minimum absolute atomic E-state index is 0.192. The molecule has 0 saturated carbocycles. The summed E-state index contributed by atoms with van der Waals surface area (Å²) in [7, 11) is 0. The van der Waals surface area contributed by atoms with Crippen molar-refractivity contribution in [3.63, 3.8) is 0 Å². The third-order valence-electron chi connectivity index (χ3n) is 4.82. The van der Waals surface area contributed by atoms with E-state index in [9.17, 15) is 26.7 Å². The van der Waals surface area contributed by atoms with Crippen LogP contribution in [-0.2, 0) is 4.79 Å². The van der Waals surface area contributed by atoms with Crippen LogP contribution < -0.4 is 0 Å². The molecule has 27 heavy (non-hydrogen) atoms. The average Bonchev–Trinajstić information content (AvgIpc) is 2.53. The van der Waals surface area contributed by atoms with Crippen LogP contribution in [0.1, 0.15) is 110 Å². The molecule has 1 nitrogen and oxygen atoms in total. The van der Waals surface area contributed by atoms with Gasteiger partial charge in [0.25, 0.3) is 0 Å². The fourth-order valence-corrected chi connectivity index (χ4v) is 3.08. The van der Waals surface area contributed by atoms with Gasteiger partial charge in [0.05, 0.1) is 6.42 Å². The molecular formula is C21H37F5O. The monoisotopic (exact) mass is 400 g/mol. The van der Waals surface area contributed by atoms with Crippen molar-refractivity contribution in [2.24, 2.45) is 5.92 Å². The minimum Gasteiger partial charge on any atom is -0.299 e. The van der Waals surface area contributed by atoms with Crippen molar-refractivity contribution in [1.82, 2.24) is 0 Å². The molecule has 0 aromatic rings. The first kappa shape index (κ1) is 26.3. The van der Waals surface area contributed by atoms with Gasteiger partial charge in [-0.2, -0.15) is 22.0 Å². The predicted octanol–water partition coefficient (Wildman–Crippen LogP) is 8.26. The smallest absolute Gasteiger partial charge is 0.299 e. The molecule has 0 atom stereocenters. The first-order chi connectivity index (χ1) is 12.6. The average molecular weight is 401 g/mol. The molecule has 0 heterocycles. The van der Waals surface area contributed by atoms with Crippen molar-refractivity contribution in [2.75, 3.05) is 0 Å². The first-order valence-corrected chi connectivity index (χ1v) is 10.5. The number of alkyl halides is 5. The van der Waals surface area contributed by atoms with E-state index < -0.39 is 24.3 Å². The minimum atomic E-state index is -5.64. The Balaban J connectivity index is 3.39. The van der Waals surface area contributed by atoms with Gasteiger partial charge in [-0.05, 0) is 12.3 Å². The molecule has 0 aromatic carbocycles. The van der Waals surface area contributed by atoms with E-state index in [4.69, 9.17) is 0 Å². The van der Waals surface area contributed by atoms with Crippen LogP contribution in [-0.4, -0.2) is 17.9 Å². The molecule has 0 aliphatic carbocycles. The van der Waals surface area contributed by atoms with Gasteiger partial charge in [0.15, 0.2) is 0 Å². The molecule has 0 unspecified atom stereocenters. The zero-order valence-corrected chi connectivity index (χ0v) is 17.0. The van der Waals surface area contributed by atoms with Crippen molar-refractivity contribution in [1.29, 1.82) is 0 Å². The summed E-state index contributed by atoms with van der Waals surface area (Å²) in [5.41, 5.74) is 0. The molecule has 0 aliphatic rings. The first-order valence-electron chi connectivity index (χ1n) is 10.5. The number of carbonyl (C=O) groups excluding carboxylic acids is 1. The van der Waals surface area contributed by atoms with Crippen molar-refractivity contribution in [2.45, 2.75) is 122 Å². The maximum absolute atomic E-state index is 12.7. The number of unbranched alkanes of at least 4 members (excludes halogenated alkanes) is 11. The SMILES string of the molecule is CC(C)CCCCCCCCCCCCCCC(=O)CC(F)(F)C(F)(F)F. The van der Waals surface area contributed by atoms with E-state index in [0.29, 0.717) is 12.8 Å². The molecule has 0 bridgehead atoms. The second-order valence-corrected chi connectivity index (χ2v) is 8.09. The van der Waals surface area contributed by atoms with Crippen LogP contribution in [0.2, 0.25) is 0 Å². The zero-order valence-electron chi connectivity index (χ0n) is 17.0. The lowest BCUT2D eigenvalue weighted by atomic mass is 10.0. The summed E-state index contributed by atoms with van der Waals surface area (Å²) in [5, 5.41) is 0. The Morgan fingerprint density at radius 2 is 1.04 bits per heavy atom. The standard InChI is InChI=1S/C21H37F5O/c1-18(2)15-13-11-9-7-5-3-4-6-8-10-12-14-16-19(27)17-20(22,23)21(24,25)26/h18H,3-17H2,1-2H3. The Labute approximate surface area is 161 Å². The Kier molecular flexibility index (Phi) is 14.0. The van der Waals surface area contributed by atoms with E-state index in [0.717, 1.165) is 25.2 Å². The van der Waals surface area contributed by atoms with Gasteiger partial charge in [-0.3, -0.25) is 4.79 Å². The van der Waals surface area contributed by atoms with Gasteiger partial charge >= 0.3 is 12.1 Å². The van der Waals surface area contributed by atoms with Crippen LogP contribution in [0.15, 0.2) is 0 Å². The molecule has 0 N–H and O–H groups in total. The van der Waals surface area contributed by atoms with Crippen molar-refractivity contribution >= 4 is 5.78 Å². The summed E-state index contributed by atoms with van der Waals surface area (Å²) < 4.78 is 61.5. The third kappa shape index (κ3) is 15.0. The number of hydrogen-bond donors (Lipinski definition) is 0. The van der Waals surface area contributed by atoms with Crippen LogP contribution in [0.5, 0.6) is 0 Å². The Morgan fingerprint density at radius 3 is 1.41 bits per heavy atom. The van der Waals surface area contributed by atoms with Crippen LogP contribution in [0.4, 0.5) is 22.0 Å². The highest BCUT2D eigenvalue weighted by Crippen LogP contribution is 2.38. The number of halogens is 5. The van der Waals surface area contributed by atoms with E-state index in [1.807, 2.05) is 0 Å². The van der Waals surface area contributed by atoms with Gasteiger partial charge < -0.3 is 0 Å². The molecular weight excluding hydrogens is 363 g/mol. The van der Waals surface area contributed by atoms with Crippen molar-refractivity contribution in [3.05, 3.63) is 0 Å². The van der Waals surface area contributed by atoms with E-state index in [1.165, 1.54) is 51.4 Å². The van der Waals surface area contributed by atoms with Crippen molar-refractivity contribution in [3.8, 4) is 0 Å². The van der Waals surface area contributed by atoms with E-state index >= 15 is 0 Å². The van der Waals surface area contributed by atoms with Gasteiger partial charge in [-0.1, -0.05) is 90.9 Å². The fourth-order valence-electron chi connectivity index (χ4n) is 3.08. The van der Waals surface area contributed by atoms with E-state index in [-0.39, 0.29) is 6.42 Å². The maximum atomic E-state index is 12.7. The Bertz CT molecular complexity index is 377. The predicted molar refractivity (Wildman–Crippen MR) is 100 cm³/mol. The molecule has 0 amide bonds. The number of Topliss-reactive ketones (excluding diaryl/α,β-unsaturated/α-hetero) is 1. The normalized spacial score (nSPS) is 12.7. The van der Waals surface area contributed by atoms with E-state index in [1.54, 1.807) is 0 Å². The molecule has 0 aliphatic heterocycles. The van der Waals surface area contributed by atoms with E-state index in [2.05, 4.69) is 13.8 Å². The largest absolute Gasteiger partial charge is 0.453 e. The summed E-state index contributed by atoms with van der Waals surface area (Å²) in [5.74, 6) is -5.12. The topological polar surface area (TPSA) is 17.1 Å². The second kappa shape index (κ2) is 14.3. The molecule has 6 heteroatoms. The molecule has 0 radical (unpaired) electrons. The lowest BCUT2D eigenvalue weighted by Gasteiger charge is -2.18. The highest BCUT2D eigenvalue weighted by molar-refractivity contribution is 5.79. The summed E-state index contributed by atoms with van der Waals surface area (Å²) in [6, 6.07) is 0. The second-order valence-electron chi connectivity index (χ2n) is 8.09. The Hall–Kier alpha value is -0.680. The Morgan fingerprint density at radius 1 is 0.667 bits per heavy atom. The lowest BCUT2D eigenvalue weighted by Crippen LogP contribution is -2.38. The van der Waals surface area contributed by atoms with Crippen LogP contribution in [0.25, 0.3) is 0 Å². The quantitative estimate of drug-likeness (QED) is 0.177. The molecule has 0 aromatic heterocycles. The highest BCUT2D eigenvalue weighted by atomic mass is 19.4. The number of carbonyl (C=O) groups is 1. The van der Waals surface area contributed by atoms with Gasteiger partial charge in [0, 0.05) is 6.42 Å². The van der Waals surface area contributed by atoms with Gasteiger partial charge in [-0.15, -0.1) is 0 Å². The van der Waals surface area contributed by atoms with Gasteiger partial charge in [-0.25, -0.2) is 0 Å². The number of rotatable bonds is 17.